The molecule has 0 bridgehead atoms. The first-order chi connectivity index (χ1) is 9.93. The van der Waals surface area contributed by atoms with Gasteiger partial charge in [0, 0.05) is 18.8 Å². The Labute approximate surface area is 127 Å². The molecule has 1 atom stereocenters. The number of nitrogens with zero attached hydrogens (tertiary/aromatic N) is 1. The van der Waals surface area contributed by atoms with E-state index in [1.165, 1.54) is 0 Å². The van der Waals surface area contributed by atoms with Gasteiger partial charge < -0.3 is 15.4 Å². The molecule has 2 N–H and O–H groups in total. The molecule has 1 heterocycles. The van der Waals surface area contributed by atoms with Crippen molar-refractivity contribution in [3.05, 3.63) is 23.5 Å². The van der Waals surface area contributed by atoms with Crippen LogP contribution >= 0.6 is 0 Å². The lowest BCUT2D eigenvalue weighted by molar-refractivity contribution is -0.127. The molecule has 1 unspecified atom stereocenters. The van der Waals surface area contributed by atoms with E-state index in [2.05, 4.69) is 29.5 Å². The molecule has 0 fully saturated rings. The first-order valence-electron chi connectivity index (χ1n) is 7.55. The zero-order valence-electron chi connectivity index (χ0n) is 13.7. The number of ether oxygens (including phenoxy) is 1. The van der Waals surface area contributed by atoms with Crippen molar-refractivity contribution in [2.75, 3.05) is 13.1 Å². The molecule has 0 aromatic carbocycles. The van der Waals surface area contributed by atoms with Gasteiger partial charge in [-0.15, -0.1) is 0 Å². The van der Waals surface area contributed by atoms with Gasteiger partial charge in [0.25, 0.3) is 5.91 Å². The van der Waals surface area contributed by atoms with Crippen LogP contribution in [-0.4, -0.2) is 30.1 Å². The molecular formula is C16H27N3O2. The number of pyridine rings is 1. The molecule has 0 aliphatic carbocycles. The predicted octanol–water partition coefficient (Wildman–Crippen LogP) is 2.04. The quantitative estimate of drug-likeness (QED) is 0.770. The van der Waals surface area contributed by atoms with Crippen LogP contribution in [0, 0.1) is 12.8 Å². The fraction of sp³-hybridized carbons (Fsp3) is 0.625. The number of aryl methyl sites for hydroxylation is 1. The number of aromatic nitrogens is 1. The van der Waals surface area contributed by atoms with Crippen LogP contribution in [0.4, 0.5) is 0 Å². The SMILES string of the molecule is CCNCc1nc(C)ccc1OC(C)C(=O)NCC(C)C. The summed E-state index contributed by atoms with van der Waals surface area (Å²) < 4.78 is 5.78. The van der Waals surface area contributed by atoms with E-state index in [0.29, 0.717) is 24.8 Å². The summed E-state index contributed by atoms with van der Waals surface area (Å²) in [5.74, 6) is 0.985. The Bertz CT molecular complexity index is 461. The maximum absolute atomic E-state index is 12.0. The highest BCUT2D eigenvalue weighted by molar-refractivity contribution is 5.80. The average molecular weight is 293 g/mol. The van der Waals surface area contributed by atoms with Gasteiger partial charge in [-0.1, -0.05) is 20.8 Å². The normalized spacial score (nSPS) is 12.3. The third kappa shape index (κ3) is 6.12. The molecule has 5 heteroatoms. The molecule has 0 aliphatic rings. The molecule has 1 aromatic heterocycles. The minimum atomic E-state index is -0.534. The van der Waals surface area contributed by atoms with Crippen LogP contribution in [0.15, 0.2) is 12.1 Å². The largest absolute Gasteiger partial charge is 0.479 e. The number of amides is 1. The highest BCUT2D eigenvalue weighted by atomic mass is 16.5. The molecule has 1 rings (SSSR count). The van der Waals surface area contributed by atoms with Gasteiger partial charge in [-0.3, -0.25) is 9.78 Å². The second-order valence-corrected chi connectivity index (χ2v) is 5.58. The van der Waals surface area contributed by atoms with E-state index >= 15 is 0 Å². The van der Waals surface area contributed by atoms with Gasteiger partial charge in [0.2, 0.25) is 0 Å². The van der Waals surface area contributed by atoms with Crippen LogP contribution in [0.5, 0.6) is 5.75 Å². The molecule has 0 radical (unpaired) electrons. The van der Waals surface area contributed by atoms with Crippen molar-refractivity contribution in [1.29, 1.82) is 0 Å². The van der Waals surface area contributed by atoms with Crippen molar-refractivity contribution in [3.8, 4) is 5.75 Å². The monoisotopic (exact) mass is 293 g/mol. The van der Waals surface area contributed by atoms with Gasteiger partial charge in [0.05, 0.1) is 5.69 Å². The van der Waals surface area contributed by atoms with Gasteiger partial charge in [0.1, 0.15) is 5.75 Å². The zero-order chi connectivity index (χ0) is 15.8. The predicted molar refractivity (Wildman–Crippen MR) is 84.3 cm³/mol. The van der Waals surface area contributed by atoms with Crippen molar-refractivity contribution in [2.45, 2.75) is 47.3 Å². The highest BCUT2D eigenvalue weighted by Gasteiger charge is 2.17. The molecule has 0 saturated carbocycles. The molecule has 0 saturated heterocycles. The van der Waals surface area contributed by atoms with Gasteiger partial charge in [-0.25, -0.2) is 0 Å². The van der Waals surface area contributed by atoms with E-state index in [0.717, 1.165) is 17.9 Å². The van der Waals surface area contributed by atoms with Gasteiger partial charge in [0.15, 0.2) is 6.10 Å². The lowest BCUT2D eigenvalue weighted by Crippen LogP contribution is -2.38. The Kier molecular flexibility index (Phi) is 7.15. The Balaban J connectivity index is 2.70. The van der Waals surface area contributed by atoms with Crippen LogP contribution in [0.2, 0.25) is 0 Å². The maximum atomic E-state index is 12.0. The summed E-state index contributed by atoms with van der Waals surface area (Å²) in [4.78, 5) is 16.5. The Morgan fingerprint density at radius 3 is 2.67 bits per heavy atom. The number of hydrogen-bond donors (Lipinski definition) is 2. The van der Waals surface area contributed by atoms with Crippen molar-refractivity contribution in [3.63, 3.8) is 0 Å². The number of nitrogens with one attached hydrogen (secondary N) is 2. The van der Waals surface area contributed by atoms with Gasteiger partial charge in [-0.05, 0) is 38.4 Å². The standard InChI is InChI=1S/C16H27N3O2/c1-6-17-10-14-15(8-7-12(4)19-14)21-13(5)16(20)18-9-11(2)3/h7-8,11,13,17H,6,9-10H2,1-5H3,(H,18,20). The van der Waals surface area contributed by atoms with Crippen LogP contribution in [0.1, 0.15) is 39.1 Å². The summed E-state index contributed by atoms with van der Waals surface area (Å²) in [5, 5.41) is 6.11. The fourth-order valence-corrected chi connectivity index (χ4v) is 1.77. The van der Waals surface area contributed by atoms with E-state index in [1.54, 1.807) is 6.92 Å². The van der Waals surface area contributed by atoms with Gasteiger partial charge >= 0.3 is 0 Å². The van der Waals surface area contributed by atoms with E-state index < -0.39 is 6.10 Å². The fourth-order valence-electron chi connectivity index (χ4n) is 1.77. The summed E-state index contributed by atoms with van der Waals surface area (Å²) in [6.45, 7) is 12.0. The number of rotatable bonds is 8. The lowest BCUT2D eigenvalue weighted by Gasteiger charge is -2.18. The van der Waals surface area contributed by atoms with Gasteiger partial charge in [-0.2, -0.15) is 0 Å². The average Bonchev–Trinajstić information content (AvgIpc) is 2.44. The second kappa shape index (κ2) is 8.62. The van der Waals surface area contributed by atoms with E-state index in [9.17, 15) is 4.79 Å². The van der Waals surface area contributed by atoms with Crippen molar-refractivity contribution < 1.29 is 9.53 Å². The zero-order valence-corrected chi connectivity index (χ0v) is 13.7. The second-order valence-electron chi connectivity index (χ2n) is 5.58. The van der Waals surface area contributed by atoms with Crippen LogP contribution in [-0.2, 0) is 11.3 Å². The smallest absolute Gasteiger partial charge is 0.260 e. The minimum absolute atomic E-state index is 0.0984. The molecule has 0 spiro atoms. The van der Waals surface area contributed by atoms with E-state index in [-0.39, 0.29) is 5.91 Å². The van der Waals surface area contributed by atoms with E-state index in [1.807, 2.05) is 26.0 Å². The minimum Gasteiger partial charge on any atom is -0.479 e. The lowest BCUT2D eigenvalue weighted by atomic mass is 10.2. The summed E-state index contributed by atoms with van der Waals surface area (Å²) >= 11 is 0. The van der Waals surface area contributed by atoms with E-state index in [4.69, 9.17) is 4.74 Å². The molecule has 5 nitrogen and oxygen atoms in total. The van der Waals surface area contributed by atoms with Crippen molar-refractivity contribution in [1.82, 2.24) is 15.6 Å². The molecule has 1 aromatic rings. The van der Waals surface area contributed by atoms with Crippen molar-refractivity contribution >= 4 is 5.91 Å². The summed E-state index contributed by atoms with van der Waals surface area (Å²) in [6.07, 6.45) is -0.534. The third-order valence-electron chi connectivity index (χ3n) is 2.97. The number of carbonyl (C=O) groups is 1. The van der Waals surface area contributed by atoms with Crippen LogP contribution in [0.3, 0.4) is 0 Å². The Morgan fingerprint density at radius 1 is 1.33 bits per heavy atom. The molecule has 0 aliphatic heterocycles. The first kappa shape index (κ1) is 17.4. The summed E-state index contributed by atoms with van der Waals surface area (Å²) in [6, 6.07) is 3.77. The van der Waals surface area contributed by atoms with Crippen LogP contribution < -0.4 is 15.4 Å². The molecule has 1 amide bonds. The van der Waals surface area contributed by atoms with Crippen molar-refractivity contribution in [2.24, 2.45) is 5.92 Å². The molecular weight excluding hydrogens is 266 g/mol. The Morgan fingerprint density at radius 2 is 2.05 bits per heavy atom. The Hall–Kier alpha value is -1.62. The molecule has 118 valence electrons. The number of hydrogen-bond acceptors (Lipinski definition) is 4. The summed E-state index contributed by atoms with van der Waals surface area (Å²) in [5.41, 5.74) is 1.77. The van der Waals surface area contributed by atoms with Crippen LogP contribution in [0.25, 0.3) is 0 Å². The first-order valence-corrected chi connectivity index (χ1v) is 7.55. The topological polar surface area (TPSA) is 63.3 Å². The highest BCUT2D eigenvalue weighted by Crippen LogP contribution is 2.18. The molecule has 21 heavy (non-hydrogen) atoms. The third-order valence-corrected chi connectivity index (χ3v) is 2.97. The number of carbonyl (C=O) groups excluding carboxylic acids is 1. The summed E-state index contributed by atoms with van der Waals surface area (Å²) in [7, 11) is 0. The maximum Gasteiger partial charge on any atom is 0.260 e.